The lowest BCUT2D eigenvalue weighted by molar-refractivity contribution is -0.131. The number of piperidine rings is 1. The Morgan fingerprint density at radius 2 is 1.96 bits per heavy atom. The number of allylic oxidation sites excluding steroid dienone is 1. The maximum atomic E-state index is 13.8. The van der Waals surface area contributed by atoms with Crippen LogP contribution in [0.3, 0.4) is 0 Å². The number of carbonyl (C=O) groups excluding carboxylic acids is 3. The minimum atomic E-state index is -0.675. The topological polar surface area (TPSA) is 104 Å². The molecule has 4 heterocycles. The Hall–Kier alpha value is -4.35. The molecule has 0 bridgehead atoms. The monoisotopic (exact) mass is 681 g/mol. The van der Waals surface area contributed by atoms with Crippen molar-refractivity contribution in [1.82, 2.24) is 15.2 Å². The SMILES string of the molecule is BCC/C(=C/C1CC1)C(Cl)C(=O)N1CCC[C@@H](NC(=O)c2sc3nccc4c3c2NC(=O)N4c2ccc(Oc3ccccc3)cc2C)C1. The average Bonchev–Trinajstić information content (AvgIpc) is 3.83. The van der Waals surface area contributed by atoms with Crippen LogP contribution in [0.4, 0.5) is 21.9 Å². The number of amides is 4. The molecule has 9 nitrogen and oxygen atoms in total. The largest absolute Gasteiger partial charge is 0.457 e. The predicted octanol–water partition coefficient (Wildman–Crippen LogP) is 7.19. The minimum absolute atomic E-state index is 0.0935. The first-order chi connectivity index (χ1) is 23.3. The Morgan fingerprint density at radius 3 is 2.71 bits per heavy atom. The van der Waals surface area contributed by atoms with Crippen LogP contribution in [-0.4, -0.2) is 60.1 Å². The van der Waals surface area contributed by atoms with E-state index in [1.807, 2.05) is 55.5 Å². The molecule has 246 valence electrons. The summed E-state index contributed by atoms with van der Waals surface area (Å²) >= 11 is 8.00. The second kappa shape index (κ2) is 13.6. The summed E-state index contributed by atoms with van der Waals surface area (Å²) in [7, 11) is 2.10. The third-order valence-corrected chi connectivity index (χ3v) is 10.6. The highest BCUT2D eigenvalue weighted by Crippen LogP contribution is 2.46. The van der Waals surface area contributed by atoms with Crippen molar-refractivity contribution in [3.8, 4) is 11.5 Å². The Labute approximate surface area is 289 Å². The normalized spacial score (nSPS) is 18.4. The molecule has 12 heteroatoms. The maximum Gasteiger partial charge on any atom is 0.331 e. The first kappa shape index (κ1) is 32.2. The first-order valence-corrected chi connectivity index (χ1v) is 17.9. The number of thiophene rings is 1. The number of nitrogens with zero attached hydrogens (tertiary/aromatic N) is 3. The van der Waals surface area contributed by atoms with Gasteiger partial charge in [-0.2, -0.15) is 0 Å². The van der Waals surface area contributed by atoms with Crippen molar-refractivity contribution in [2.45, 2.75) is 56.8 Å². The van der Waals surface area contributed by atoms with Gasteiger partial charge in [-0.15, -0.1) is 22.9 Å². The number of halogens is 1. The van der Waals surface area contributed by atoms with E-state index in [0.717, 1.165) is 55.3 Å². The highest BCUT2D eigenvalue weighted by molar-refractivity contribution is 7.21. The fourth-order valence-corrected chi connectivity index (χ4v) is 7.91. The number of urea groups is 1. The van der Waals surface area contributed by atoms with Gasteiger partial charge in [-0.25, -0.2) is 9.78 Å². The molecular formula is C36H37BClN5O4S. The van der Waals surface area contributed by atoms with Crippen LogP contribution >= 0.6 is 22.9 Å². The summed E-state index contributed by atoms with van der Waals surface area (Å²) in [6.45, 7) is 2.94. The second-order valence-corrected chi connectivity index (χ2v) is 14.2. The zero-order chi connectivity index (χ0) is 33.4. The quantitative estimate of drug-likeness (QED) is 0.105. The van der Waals surface area contributed by atoms with Gasteiger partial charge in [-0.1, -0.05) is 30.6 Å². The van der Waals surface area contributed by atoms with E-state index in [1.54, 1.807) is 22.1 Å². The van der Waals surface area contributed by atoms with Gasteiger partial charge >= 0.3 is 6.03 Å². The lowest BCUT2D eigenvalue weighted by Gasteiger charge is -2.34. The first-order valence-electron chi connectivity index (χ1n) is 16.6. The van der Waals surface area contributed by atoms with E-state index >= 15 is 0 Å². The Bertz CT molecular complexity index is 1910. The summed E-state index contributed by atoms with van der Waals surface area (Å²) < 4.78 is 6.00. The van der Waals surface area contributed by atoms with E-state index < -0.39 is 5.38 Å². The summed E-state index contributed by atoms with van der Waals surface area (Å²) in [4.78, 5) is 50.0. The van der Waals surface area contributed by atoms with Gasteiger partial charge in [-0.3, -0.25) is 14.5 Å². The number of benzene rings is 2. The number of rotatable bonds is 10. The second-order valence-electron chi connectivity index (χ2n) is 12.7. The van der Waals surface area contributed by atoms with Crippen LogP contribution in [0, 0.1) is 12.8 Å². The number of ether oxygens (including phenoxy) is 1. The molecule has 2 aliphatic heterocycles. The summed E-state index contributed by atoms with van der Waals surface area (Å²) in [5.41, 5.74) is 3.67. The van der Waals surface area contributed by atoms with E-state index in [-0.39, 0.29) is 23.9 Å². The van der Waals surface area contributed by atoms with Gasteiger partial charge in [0.15, 0.2) is 0 Å². The van der Waals surface area contributed by atoms with Crippen molar-refractivity contribution < 1.29 is 19.1 Å². The molecule has 1 saturated carbocycles. The third-order valence-electron chi connectivity index (χ3n) is 9.06. The molecule has 2 aromatic carbocycles. The Balaban J connectivity index is 1.09. The van der Waals surface area contributed by atoms with Crippen molar-refractivity contribution in [2.75, 3.05) is 23.3 Å². The molecule has 7 rings (SSSR count). The minimum Gasteiger partial charge on any atom is -0.457 e. The van der Waals surface area contributed by atoms with Gasteiger partial charge in [0.05, 0.1) is 22.4 Å². The number of hydrogen-bond acceptors (Lipinski definition) is 6. The fraction of sp³-hybridized carbons (Fsp3) is 0.333. The third kappa shape index (κ3) is 6.53. The number of aryl methyl sites for hydroxylation is 1. The summed E-state index contributed by atoms with van der Waals surface area (Å²) in [5, 5.41) is 6.17. The van der Waals surface area contributed by atoms with E-state index in [4.69, 9.17) is 16.3 Å². The van der Waals surface area contributed by atoms with Crippen molar-refractivity contribution in [3.05, 3.63) is 82.9 Å². The van der Waals surface area contributed by atoms with E-state index in [9.17, 15) is 14.4 Å². The van der Waals surface area contributed by atoms with Gasteiger partial charge in [-0.05, 0) is 92.5 Å². The molecule has 1 aliphatic carbocycles. The van der Waals surface area contributed by atoms with E-state index in [0.29, 0.717) is 56.9 Å². The number of alkyl halides is 1. The molecule has 2 atom stereocenters. The van der Waals surface area contributed by atoms with Crippen molar-refractivity contribution in [1.29, 1.82) is 0 Å². The summed E-state index contributed by atoms with van der Waals surface area (Å²) in [6.07, 6.45) is 9.44. The number of anilines is 3. The number of pyridine rings is 1. The van der Waals surface area contributed by atoms with Crippen molar-refractivity contribution in [2.24, 2.45) is 5.92 Å². The molecule has 2 aromatic heterocycles. The molecule has 2 N–H and O–H groups in total. The molecule has 3 aliphatic rings. The predicted molar refractivity (Wildman–Crippen MR) is 194 cm³/mol. The smallest absolute Gasteiger partial charge is 0.331 e. The van der Waals surface area contributed by atoms with Crippen LogP contribution in [0.2, 0.25) is 6.32 Å². The number of likely N-dealkylation sites (tertiary alicyclic amines) is 1. The standard InChI is InChI=1S/C36H37BClN5O4S/c1-21-18-26(47-25-7-3-2-4-8-25)11-12-27(21)43-28-14-16-39-34-29(28)31(41-36(43)46)32(48-34)33(44)40-24-6-5-17-42(20-24)35(45)30(38)23(13-15-37)19-22-9-10-22/h2-4,7-8,11-12,14,16,18-19,22,24,30H,5-6,9-10,13,15,17,20,37H2,1H3,(H,40,44)(H,41,46)/b23-19-/t24-,30?/m1/s1. The average molecular weight is 682 g/mol. The summed E-state index contributed by atoms with van der Waals surface area (Å²) in [6, 6.07) is 16.3. The molecular weight excluding hydrogens is 645 g/mol. The molecule has 1 saturated heterocycles. The van der Waals surface area contributed by atoms with Gasteiger partial charge in [0, 0.05) is 25.3 Å². The fourth-order valence-electron chi connectivity index (χ4n) is 6.56. The molecule has 2 fully saturated rings. The number of aromatic nitrogens is 1. The lowest BCUT2D eigenvalue weighted by Crippen LogP contribution is -2.51. The van der Waals surface area contributed by atoms with Crippen LogP contribution in [-0.2, 0) is 4.79 Å². The van der Waals surface area contributed by atoms with Crippen molar-refractivity contribution in [3.63, 3.8) is 0 Å². The van der Waals surface area contributed by atoms with E-state index in [2.05, 4.69) is 29.5 Å². The van der Waals surface area contributed by atoms with Crippen LogP contribution in [0.15, 0.2) is 72.4 Å². The van der Waals surface area contributed by atoms with E-state index in [1.165, 1.54) is 11.3 Å². The van der Waals surface area contributed by atoms with Gasteiger partial charge in [0.2, 0.25) is 5.91 Å². The highest BCUT2D eigenvalue weighted by atomic mass is 35.5. The number of para-hydroxylation sites is 1. The zero-order valence-electron chi connectivity index (χ0n) is 27.0. The van der Waals surface area contributed by atoms with Crippen LogP contribution in [0.5, 0.6) is 11.5 Å². The molecule has 48 heavy (non-hydrogen) atoms. The van der Waals surface area contributed by atoms with Gasteiger partial charge < -0.3 is 20.3 Å². The van der Waals surface area contributed by atoms with Crippen LogP contribution in [0.25, 0.3) is 10.2 Å². The molecule has 0 spiro atoms. The summed E-state index contributed by atoms with van der Waals surface area (Å²) in [5.74, 6) is 1.54. The zero-order valence-corrected chi connectivity index (χ0v) is 28.6. The lowest BCUT2D eigenvalue weighted by atomic mass is 9.94. The number of carbonyl (C=O) groups is 3. The number of hydrogen-bond donors (Lipinski definition) is 2. The highest BCUT2D eigenvalue weighted by Gasteiger charge is 2.35. The Kier molecular flexibility index (Phi) is 9.16. The molecule has 1 unspecified atom stereocenters. The van der Waals surface area contributed by atoms with Gasteiger partial charge in [0.25, 0.3) is 5.91 Å². The maximum absolute atomic E-state index is 13.8. The van der Waals surface area contributed by atoms with Gasteiger partial charge in [0.1, 0.15) is 34.4 Å². The molecule has 4 aromatic rings. The molecule has 4 amide bonds. The van der Waals surface area contributed by atoms with Crippen LogP contribution < -0.4 is 20.3 Å². The molecule has 0 radical (unpaired) electrons. The Morgan fingerprint density at radius 1 is 1.15 bits per heavy atom. The van der Waals surface area contributed by atoms with Crippen LogP contribution in [0.1, 0.15) is 47.3 Å². The van der Waals surface area contributed by atoms with Crippen molar-refractivity contribution >= 4 is 75.9 Å². The number of nitrogens with one attached hydrogen (secondary N) is 2.